The van der Waals surface area contributed by atoms with Gasteiger partial charge in [0.2, 0.25) is 17.7 Å². The first-order chi connectivity index (χ1) is 16.2. The summed E-state index contributed by atoms with van der Waals surface area (Å²) in [7, 11) is 0. The molecule has 7 heteroatoms. The molecule has 2 amide bonds. The fourth-order valence-corrected chi connectivity index (χ4v) is 4.67. The van der Waals surface area contributed by atoms with Crippen LogP contribution in [0.5, 0.6) is 0 Å². The lowest BCUT2D eigenvalue weighted by Gasteiger charge is -2.27. The van der Waals surface area contributed by atoms with Crippen LogP contribution in [0.25, 0.3) is 0 Å². The van der Waals surface area contributed by atoms with Gasteiger partial charge < -0.3 is 14.7 Å². The third-order valence-corrected chi connectivity index (χ3v) is 6.68. The molecule has 1 aliphatic carbocycles. The second-order valence-electron chi connectivity index (χ2n) is 8.91. The smallest absolute Gasteiger partial charge is 0.233 e. The van der Waals surface area contributed by atoms with Crippen LogP contribution in [0.15, 0.2) is 65.2 Å². The third kappa shape index (κ3) is 4.53. The minimum absolute atomic E-state index is 0.0604. The van der Waals surface area contributed by atoms with Gasteiger partial charge in [-0.3, -0.25) is 9.59 Å². The number of aromatic nitrogens is 2. The van der Waals surface area contributed by atoms with E-state index in [-0.39, 0.29) is 24.3 Å². The Morgan fingerprint density at radius 1 is 1.06 bits per heavy atom. The lowest BCUT2D eigenvalue weighted by Crippen LogP contribution is -2.39. The van der Waals surface area contributed by atoms with E-state index in [2.05, 4.69) is 15.5 Å². The van der Waals surface area contributed by atoms with E-state index in [1.807, 2.05) is 65.6 Å². The molecule has 1 saturated carbocycles. The third-order valence-electron chi connectivity index (χ3n) is 6.68. The molecule has 1 unspecified atom stereocenters. The van der Waals surface area contributed by atoms with Crippen molar-refractivity contribution in [3.63, 3.8) is 0 Å². The molecular weight excluding hydrogens is 416 g/mol. The predicted octanol–water partition coefficient (Wildman–Crippen LogP) is 3.71. The SMILES string of the molecule is O=C(CCc1nc(C2CCCN2C(=O)C2(c3ccccc3)CC2)no1)NCc1ccccc1. The number of nitrogens with zero attached hydrogens (tertiary/aromatic N) is 3. The Morgan fingerprint density at radius 2 is 1.79 bits per heavy atom. The van der Waals surface area contributed by atoms with Gasteiger partial charge in [-0.1, -0.05) is 65.8 Å². The molecule has 1 saturated heterocycles. The van der Waals surface area contributed by atoms with Crippen molar-refractivity contribution in [1.82, 2.24) is 20.4 Å². The maximum Gasteiger partial charge on any atom is 0.233 e. The van der Waals surface area contributed by atoms with E-state index < -0.39 is 5.41 Å². The summed E-state index contributed by atoms with van der Waals surface area (Å²) in [6, 6.07) is 19.7. The Labute approximate surface area is 193 Å². The number of carbonyl (C=O) groups excluding carboxylic acids is 2. The van der Waals surface area contributed by atoms with Crippen molar-refractivity contribution in [1.29, 1.82) is 0 Å². The molecule has 1 atom stereocenters. The van der Waals surface area contributed by atoms with Gasteiger partial charge >= 0.3 is 0 Å². The molecule has 1 aromatic heterocycles. The van der Waals surface area contributed by atoms with Gasteiger partial charge in [-0.15, -0.1) is 0 Å². The molecule has 1 aliphatic heterocycles. The van der Waals surface area contributed by atoms with Crippen molar-refractivity contribution < 1.29 is 14.1 Å². The van der Waals surface area contributed by atoms with Crippen molar-refractivity contribution in [3.05, 3.63) is 83.5 Å². The van der Waals surface area contributed by atoms with Crippen LogP contribution in [0, 0.1) is 0 Å². The van der Waals surface area contributed by atoms with Crippen molar-refractivity contribution >= 4 is 11.8 Å². The number of likely N-dealkylation sites (tertiary alicyclic amines) is 1. The second kappa shape index (κ2) is 9.17. The minimum atomic E-state index is -0.396. The number of benzene rings is 2. The Hall–Kier alpha value is -3.48. The Morgan fingerprint density at radius 3 is 2.52 bits per heavy atom. The number of hydrogen-bond acceptors (Lipinski definition) is 5. The Kier molecular flexibility index (Phi) is 5.94. The molecule has 1 N–H and O–H groups in total. The van der Waals surface area contributed by atoms with Gasteiger partial charge in [-0.05, 0) is 36.8 Å². The van der Waals surface area contributed by atoms with Crippen LogP contribution in [0.4, 0.5) is 0 Å². The molecular formula is C26H28N4O3. The van der Waals surface area contributed by atoms with Crippen molar-refractivity contribution in [2.24, 2.45) is 0 Å². The molecule has 2 aliphatic rings. The first-order valence-corrected chi connectivity index (χ1v) is 11.7. The normalized spacial score (nSPS) is 18.8. The van der Waals surface area contributed by atoms with Crippen molar-refractivity contribution in [3.8, 4) is 0 Å². The van der Waals surface area contributed by atoms with Gasteiger partial charge in [0.05, 0.1) is 11.5 Å². The van der Waals surface area contributed by atoms with Crippen LogP contribution in [0.2, 0.25) is 0 Å². The number of carbonyl (C=O) groups is 2. The summed E-state index contributed by atoms with van der Waals surface area (Å²) in [5, 5.41) is 7.08. The summed E-state index contributed by atoms with van der Waals surface area (Å²) in [6.45, 7) is 1.21. The van der Waals surface area contributed by atoms with Gasteiger partial charge in [0, 0.05) is 25.9 Å². The molecule has 5 rings (SSSR count). The van der Waals surface area contributed by atoms with Crippen LogP contribution in [-0.4, -0.2) is 33.4 Å². The zero-order chi connectivity index (χ0) is 22.7. The molecule has 0 bridgehead atoms. The summed E-state index contributed by atoms with van der Waals surface area (Å²) < 4.78 is 5.43. The van der Waals surface area contributed by atoms with Crippen molar-refractivity contribution in [2.45, 2.75) is 56.5 Å². The molecule has 33 heavy (non-hydrogen) atoms. The lowest BCUT2D eigenvalue weighted by atomic mass is 9.94. The number of amides is 2. The average molecular weight is 445 g/mol. The van der Waals surface area contributed by atoms with E-state index in [4.69, 9.17) is 4.52 Å². The van der Waals surface area contributed by atoms with Crippen LogP contribution < -0.4 is 5.32 Å². The van der Waals surface area contributed by atoms with Gasteiger partial charge in [0.1, 0.15) is 0 Å². The van der Waals surface area contributed by atoms with Gasteiger partial charge in [-0.2, -0.15) is 4.98 Å². The lowest BCUT2D eigenvalue weighted by molar-refractivity contribution is -0.135. The van der Waals surface area contributed by atoms with Crippen LogP contribution >= 0.6 is 0 Å². The monoisotopic (exact) mass is 444 g/mol. The number of nitrogens with one attached hydrogen (secondary N) is 1. The molecule has 170 valence electrons. The highest BCUT2D eigenvalue weighted by molar-refractivity contribution is 5.91. The van der Waals surface area contributed by atoms with Crippen LogP contribution in [0.3, 0.4) is 0 Å². The fourth-order valence-electron chi connectivity index (χ4n) is 4.67. The highest BCUT2D eigenvalue weighted by atomic mass is 16.5. The van der Waals surface area contributed by atoms with Crippen LogP contribution in [0.1, 0.15) is 61.0 Å². The summed E-state index contributed by atoms with van der Waals surface area (Å²) in [5.74, 6) is 1.09. The number of aryl methyl sites for hydroxylation is 1. The molecule has 0 radical (unpaired) electrons. The van der Waals surface area contributed by atoms with Crippen molar-refractivity contribution in [2.75, 3.05) is 6.54 Å². The highest BCUT2D eigenvalue weighted by Crippen LogP contribution is 2.51. The fraction of sp³-hybridized carbons (Fsp3) is 0.385. The largest absolute Gasteiger partial charge is 0.352 e. The first kappa shape index (κ1) is 21.4. The second-order valence-corrected chi connectivity index (χ2v) is 8.91. The first-order valence-electron chi connectivity index (χ1n) is 11.7. The molecule has 2 fully saturated rings. The molecule has 3 aromatic rings. The quantitative estimate of drug-likeness (QED) is 0.572. The predicted molar refractivity (Wildman–Crippen MR) is 122 cm³/mol. The Bertz CT molecular complexity index is 1110. The highest BCUT2D eigenvalue weighted by Gasteiger charge is 2.54. The van der Waals surface area contributed by atoms with E-state index in [9.17, 15) is 9.59 Å². The maximum absolute atomic E-state index is 13.5. The van der Waals surface area contributed by atoms with E-state index in [1.165, 1.54) is 0 Å². The van der Waals surface area contributed by atoms with Gasteiger partial charge in [0.15, 0.2) is 5.82 Å². The van der Waals surface area contributed by atoms with E-state index in [0.29, 0.717) is 31.2 Å². The van der Waals surface area contributed by atoms with E-state index in [1.54, 1.807) is 0 Å². The van der Waals surface area contributed by atoms with Crippen LogP contribution in [-0.2, 0) is 28.0 Å². The van der Waals surface area contributed by atoms with Gasteiger partial charge in [0.25, 0.3) is 0 Å². The molecule has 2 heterocycles. The molecule has 0 spiro atoms. The average Bonchev–Trinajstić information content (AvgIpc) is 3.29. The summed E-state index contributed by atoms with van der Waals surface area (Å²) in [5.41, 5.74) is 1.75. The number of hydrogen-bond donors (Lipinski definition) is 1. The standard InChI is InChI=1S/C26H28N4O3/c31-22(27-18-19-8-3-1-4-9-19)13-14-23-28-24(29-33-23)21-12-7-17-30(21)25(32)26(15-16-26)20-10-5-2-6-11-20/h1-6,8-11,21H,7,12-18H2,(H,27,31). The maximum atomic E-state index is 13.5. The summed E-state index contributed by atoms with van der Waals surface area (Å²) >= 11 is 0. The summed E-state index contributed by atoms with van der Waals surface area (Å²) in [4.78, 5) is 32.2. The summed E-state index contributed by atoms with van der Waals surface area (Å²) in [6.07, 6.45) is 4.17. The van der Waals surface area contributed by atoms with Gasteiger partial charge in [-0.25, -0.2) is 0 Å². The van der Waals surface area contributed by atoms with E-state index >= 15 is 0 Å². The Balaban J connectivity index is 1.19. The minimum Gasteiger partial charge on any atom is -0.352 e. The molecule has 2 aromatic carbocycles. The number of rotatable bonds is 8. The zero-order valence-electron chi connectivity index (χ0n) is 18.6. The van der Waals surface area contributed by atoms with E-state index in [0.717, 1.165) is 36.8 Å². The zero-order valence-corrected chi connectivity index (χ0v) is 18.6. The topological polar surface area (TPSA) is 88.3 Å². The molecule has 7 nitrogen and oxygen atoms in total.